The van der Waals surface area contributed by atoms with Gasteiger partial charge in [-0.25, -0.2) is 0 Å². The van der Waals surface area contributed by atoms with Crippen molar-refractivity contribution < 1.29 is 4.79 Å². The van der Waals surface area contributed by atoms with Crippen molar-refractivity contribution in [3.8, 4) is 0 Å². The van der Waals surface area contributed by atoms with Gasteiger partial charge in [-0.05, 0) is 71.6 Å². The summed E-state index contributed by atoms with van der Waals surface area (Å²) in [7, 11) is 0. The summed E-state index contributed by atoms with van der Waals surface area (Å²) in [6, 6.07) is 12.1. The van der Waals surface area contributed by atoms with E-state index in [2.05, 4.69) is 32.6 Å². The van der Waals surface area contributed by atoms with Crippen LogP contribution >= 0.6 is 15.9 Å². The zero-order valence-electron chi connectivity index (χ0n) is 13.2. The standard InChI is InChI=1S/C18H21BrN2O/c1-12-7-8-17(15(19)11-12)20-10-9-18(22)21-16-6-4-5-13(2)14(16)3/h4-8,11,20H,9-10H2,1-3H3,(H,21,22). The van der Waals surface area contributed by atoms with Gasteiger partial charge >= 0.3 is 0 Å². The zero-order chi connectivity index (χ0) is 16.1. The van der Waals surface area contributed by atoms with Gasteiger partial charge in [-0.15, -0.1) is 0 Å². The predicted molar refractivity (Wildman–Crippen MR) is 96.5 cm³/mol. The summed E-state index contributed by atoms with van der Waals surface area (Å²) in [5.41, 5.74) is 5.39. The molecule has 2 aromatic carbocycles. The van der Waals surface area contributed by atoms with Crippen molar-refractivity contribution in [1.29, 1.82) is 0 Å². The normalized spacial score (nSPS) is 10.4. The Morgan fingerprint density at radius 3 is 2.59 bits per heavy atom. The fourth-order valence-electron chi connectivity index (χ4n) is 2.17. The van der Waals surface area contributed by atoms with Crippen LogP contribution in [0.2, 0.25) is 0 Å². The van der Waals surface area contributed by atoms with E-state index < -0.39 is 0 Å². The Morgan fingerprint density at radius 2 is 1.86 bits per heavy atom. The zero-order valence-corrected chi connectivity index (χ0v) is 14.8. The molecule has 0 fully saturated rings. The third-order valence-electron chi connectivity index (χ3n) is 3.67. The number of anilines is 2. The predicted octanol–water partition coefficient (Wildman–Crippen LogP) is 4.82. The highest BCUT2D eigenvalue weighted by atomic mass is 79.9. The van der Waals surface area contributed by atoms with Gasteiger partial charge in [-0.2, -0.15) is 0 Å². The summed E-state index contributed by atoms with van der Waals surface area (Å²) in [6.07, 6.45) is 0.424. The number of rotatable bonds is 5. The molecule has 0 spiro atoms. The number of halogens is 1. The second-order valence-electron chi connectivity index (χ2n) is 5.46. The molecule has 0 saturated carbocycles. The molecule has 0 atom stereocenters. The van der Waals surface area contributed by atoms with Crippen LogP contribution in [-0.4, -0.2) is 12.5 Å². The first kappa shape index (κ1) is 16.6. The maximum Gasteiger partial charge on any atom is 0.226 e. The number of hydrogen-bond acceptors (Lipinski definition) is 2. The first-order valence-corrected chi connectivity index (χ1v) is 8.13. The summed E-state index contributed by atoms with van der Waals surface area (Å²) in [4.78, 5) is 12.0. The van der Waals surface area contributed by atoms with E-state index in [1.54, 1.807) is 0 Å². The molecule has 2 N–H and O–H groups in total. The van der Waals surface area contributed by atoms with Crippen LogP contribution in [0.25, 0.3) is 0 Å². The summed E-state index contributed by atoms with van der Waals surface area (Å²) in [6.45, 7) is 6.71. The van der Waals surface area contributed by atoms with E-state index in [9.17, 15) is 4.79 Å². The summed E-state index contributed by atoms with van der Waals surface area (Å²) < 4.78 is 1.02. The Hall–Kier alpha value is -1.81. The van der Waals surface area contributed by atoms with E-state index in [-0.39, 0.29) is 5.91 Å². The van der Waals surface area contributed by atoms with Crippen molar-refractivity contribution in [2.45, 2.75) is 27.2 Å². The lowest BCUT2D eigenvalue weighted by Crippen LogP contribution is -2.17. The topological polar surface area (TPSA) is 41.1 Å². The van der Waals surface area contributed by atoms with Gasteiger partial charge in [0.05, 0.1) is 0 Å². The lowest BCUT2D eigenvalue weighted by atomic mass is 10.1. The van der Waals surface area contributed by atoms with Crippen LogP contribution in [0.5, 0.6) is 0 Å². The first-order valence-electron chi connectivity index (χ1n) is 7.33. The SMILES string of the molecule is Cc1ccc(NCCC(=O)Nc2cccc(C)c2C)c(Br)c1. The van der Waals surface area contributed by atoms with Crippen molar-refractivity contribution >= 4 is 33.2 Å². The minimum atomic E-state index is 0.0180. The van der Waals surface area contributed by atoms with Gasteiger partial charge in [0.1, 0.15) is 0 Å². The fraction of sp³-hybridized carbons (Fsp3) is 0.278. The van der Waals surface area contributed by atoms with E-state index in [4.69, 9.17) is 0 Å². The van der Waals surface area contributed by atoms with Gasteiger partial charge in [-0.3, -0.25) is 4.79 Å². The molecule has 0 bridgehead atoms. The number of carbonyl (C=O) groups excluding carboxylic acids is 1. The monoisotopic (exact) mass is 360 g/mol. The maximum absolute atomic E-state index is 12.0. The second kappa shape index (κ2) is 7.45. The molecule has 0 radical (unpaired) electrons. The van der Waals surface area contributed by atoms with Crippen LogP contribution in [0.15, 0.2) is 40.9 Å². The Balaban J connectivity index is 1.87. The molecule has 0 unspecified atom stereocenters. The smallest absolute Gasteiger partial charge is 0.226 e. The van der Waals surface area contributed by atoms with Crippen LogP contribution < -0.4 is 10.6 Å². The van der Waals surface area contributed by atoms with Crippen molar-refractivity contribution in [3.05, 3.63) is 57.6 Å². The van der Waals surface area contributed by atoms with Crippen LogP contribution in [0, 0.1) is 20.8 Å². The Kier molecular flexibility index (Phi) is 5.61. The molecule has 116 valence electrons. The van der Waals surface area contributed by atoms with E-state index in [0.29, 0.717) is 13.0 Å². The molecule has 22 heavy (non-hydrogen) atoms. The average molecular weight is 361 g/mol. The highest BCUT2D eigenvalue weighted by Crippen LogP contribution is 2.23. The van der Waals surface area contributed by atoms with E-state index in [1.807, 2.05) is 51.1 Å². The minimum absolute atomic E-state index is 0.0180. The number of amides is 1. The van der Waals surface area contributed by atoms with Gasteiger partial charge in [0.15, 0.2) is 0 Å². The highest BCUT2D eigenvalue weighted by Gasteiger charge is 2.06. The van der Waals surface area contributed by atoms with E-state index in [0.717, 1.165) is 21.4 Å². The number of aryl methyl sites for hydroxylation is 2. The molecule has 1 amide bonds. The molecule has 0 heterocycles. The second-order valence-corrected chi connectivity index (χ2v) is 6.31. The van der Waals surface area contributed by atoms with Gasteiger partial charge < -0.3 is 10.6 Å². The molecule has 3 nitrogen and oxygen atoms in total. The highest BCUT2D eigenvalue weighted by molar-refractivity contribution is 9.10. The van der Waals surface area contributed by atoms with Crippen molar-refractivity contribution in [2.24, 2.45) is 0 Å². The van der Waals surface area contributed by atoms with Crippen molar-refractivity contribution in [2.75, 3.05) is 17.2 Å². The molecule has 4 heteroatoms. The van der Waals surface area contributed by atoms with Gasteiger partial charge in [-0.1, -0.05) is 18.2 Å². The molecule has 0 aromatic heterocycles. The van der Waals surface area contributed by atoms with E-state index >= 15 is 0 Å². The van der Waals surface area contributed by atoms with Crippen molar-refractivity contribution in [3.63, 3.8) is 0 Å². The summed E-state index contributed by atoms with van der Waals surface area (Å²) in [5.74, 6) is 0.0180. The summed E-state index contributed by atoms with van der Waals surface area (Å²) in [5, 5.41) is 6.25. The Labute approximate surface area is 140 Å². The number of hydrogen-bond donors (Lipinski definition) is 2. The summed E-state index contributed by atoms with van der Waals surface area (Å²) >= 11 is 3.52. The van der Waals surface area contributed by atoms with Gasteiger partial charge in [0.2, 0.25) is 5.91 Å². The lowest BCUT2D eigenvalue weighted by Gasteiger charge is -2.12. The third kappa shape index (κ3) is 4.34. The quantitative estimate of drug-likeness (QED) is 0.802. The third-order valence-corrected chi connectivity index (χ3v) is 4.33. The van der Waals surface area contributed by atoms with Crippen LogP contribution in [0.3, 0.4) is 0 Å². The van der Waals surface area contributed by atoms with Gasteiger partial charge in [0.25, 0.3) is 0 Å². The van der Waals surface area contributed by atoms with Crippen LogP contribution in [0.4, 0.5) is 11.4 Å². The molecule has 0 saturated heterocycles. The maximum atomic E-state index is 12.0. The van der Waals surface area contributed by atoms with Crippen LogP contribution in [0.1, 0.15) is 23.1 Å². The molecule has 0 aliphatic rings. The largest absolute Gasteiger partial charge is 0.384 e. The molecule has 0 aliphatic carbocycles. The lowest BCUT2D eigenvalue weighted by molar-refractivity contribution is -0.115. The van der Waals surface area contributed by atoms with Gasteiger partial charge in [0, 0.05) is 28.8 Å². The Morgan fingerprint density at radius 1 is 1.09 bits per heavy atom. The molecular formula is C18H21BrN2O. The molecule has 2 aromatic rings. The molecule has 2 rings (SSSR count). The van der Waals surface area contributed by atoms with Crippen LogP contribution in [-0.2, 0) is 4.79 Å². The average Bonchev–Trinajstić information content (AvgIpc) is 2.46. The number of carbonyl (C=O) groups is 1. The fourth-order valence-corrected chi connectivity index (χ4v) is 2.81. The van der Waals surface area contributed by atoms with Crippen molar-refractivity contribution in [1.82, 2.24) is 0 Å². The number of nitrogens with one attached hydrogen (secondary N) is 2. The molecule has 0 aliphatic heterocycles. The number of benzene rings is 2. The van der Waals surface area contributed by atoms with E-state index in [1.165, 1.54) is 11.1 Å². The molecular weight excluding hydrogens is 340 g/mol. The first-order chi connectivity index (χ1) is 10.5. The minimum Gasteiger partial charge on any atom is -0.384 e. The Bertz CT molecular complexity index is 683.